The topological polar surface area (TPSA) is 101 Å². The average molecular weight is 745 g/mol. The number of para-hydroxylation sites is 1. The summed E-state index contributed by atoms with van der Waals surface area (Å²) in [4.78, 5) is 38.9. The number of rotatable bonds is 8. The van der Waals surface area contributed by atoms with E-state index in [1.807, 2.05) is 42.2 Å². The maximum Gasteiger partial charge on any atom is 0.407 e. The summed E-state index contributed by atoms with van der Waals surface area (Å²) in [5.41, 5.74) is 2.16. The van der Waals surface area contributed by atoms with Crippen LogP contribution in [0.2, 0.25) is 15.2 Å². The number of aromatic nitrogens is 3. The number of carbonyl (C=O) groups is 1. The van der Waals surface area contributed by atoms with E-state index in [0.29, 0.717) is 29.1 Å². The van der Waals surface area contributed by atoms with Gasteiger partial charge in [-0.3, -0.25) is 0 Å². The molecule has 0 bridgehead atoms. The largest absolute Gasteiger partial charge is 0.465 e. The molecule has 51 heavy (non-hydrogen) atoms. The fourth-order valence-corrected chi connectivity index (χ4v) is 12.2. The highest BCUT2D eigenvalue weighted by Gasteiger charge is 2.50. The lowest BCUT2D eigenvalue weighted by molar-refractivity contribution is 0.136. The normalized spacial score (nSPS) is 15.5. The number of nitrogens with zero attached hydrogens (tertiary/aromatic N) is 5. The number of halogens is 2. The summed E-state index contributed by atoms with van der Waals surface area (Å²) < 4.78 is 8.92. The number of fused-ring (bicyclic) bond motifs is 1. The first-order chi connectivity index (χ1) is 24.2. The first-order valence-corrected chi connectivity index (χ1v) is 19.8. The Morgan fingerprint density at radius 2 is 1.59 bits per heavy atom. The lowest BCUT2D eigenvalue weighted by Gasteiger charge is -2.43. The zero-order valence-electron chi connectivity index (χ0n) is 29.7. The maximum atomic E-state index is 14.5. The van der Waals surface area contributed by atoms with Crippen molar-refractivity contribution in [2.75, 3.05) is 24.5 Å². The third-order valence-electron chi connectivity index (χ3n) is 9.79. The van der Waals surface area contributed by atoms with E-state index in [1.54, 1.807) is 10.6 Å². The van der Waals surface area contributed by atoms with Crippen LogP contribution < -0.4 is 21.0 Å². The molecular weight excluding hydrogens is 701 g/mol. The second-order valence-corrected chi connectivity index (χ2v) is 19.5. The van der Waals surface area contributed by atoms with Gasteiger partial charge in [-0.15, -0.1) is 0 Å². The summed E-state index contributed by atoms with van der Waals surface area (Å²) in [6, 6.07) is 28.3. The van der Waals surface area contributed by atoms with Gasteiger partial charge in [-0.05, 0) is 39.9 Å². The number of carboxylic acid groups (broad SMARTS) is 1. The van der Waals surface area contributed by atoms with Gasteiger partial charge in [-0.2, -0.15) is 4.98 Å². The highest BCUT2D eigenvalue weighted by molar-refractivity contribution is 6.99. The molecule has 9 nitrogen and oxygen atoms in total. The molecule has 1 aliphatic rings. The molecule has 0 spiro atoms. The molecule has 0 radical (unpaired) electrons. The SMILES string of the molecule is CC(C)c1cccc(CO[Si](c2ccccc2)(c2ccccc2)C(C)(C)C)c1-n1c(=O)nc(N2CCN(C(=O)O)C[C@@H]2C)c2cc(Cl)c(Cl)nc21. The van der Waals surface area contributed by atoms with Crippen molar-refractivity contribution in [2.24, 2.45) is 0 Å². The van der Waals surface area contributed by atoms with Gasteiger partial charge < -0.3 is 19.3 Å². The Morgan fingerprint density at radius 3 is 2.14 bits per heavy atom. The van der Waals surface area contributed by atoms with Gasteiger partial charge in [0.05, 0.1) is 22.7 Å². The van der Waals surface area contributed by atoms with Gasteiger partial charge in [0, 0.05) is 31.2 Å². The second-order valence-electron chi connectivity index (χ2n) is 14.4. The van der Waals surface area contributed by atoms with E-state index in [-0.39, 0.29) is 46.9 Å². The first-order valence-electron chi connectivity index (χ1n) is 17.1. The van der Waals surface area contributed by atoms with E-state index in [0.717, 1.165) is 21.5 Å². The molecule has 1 saturated heterocycles. The van der Waals surface area contributed by atoms with Crippen LogP contribution in [0.4, 0.5) is 10.6 Å². The summed E-state index contributed by atoms with van der Waals surface area (Å²) in [7, 11) is -2.95. The minimum absolute atomic E-state index is 0.0290. The molecule has 0 saturated carbocycles. The van der Waals surface area contributed by atoms with Crippen molar-refractivity contribution in [3.8, 4) is 5.69 Å². The van der Waals surface area contributed by atoms with Crippen molar-refractivity contribution in [1.82, 2.24) is 19.4 Å². The third-order valence-corrected chi connectivity index (χ3v) is 15.4. The smallest absolute Gasteiger partial charge is 0.407 e. The van der Waals surface area contributed by atoms with Crippen molar-refractivity contribution in [3.63, 3.8) is 0 Å². The molecule has 1 fully saturated rings. The summed E-state index contributed by atoms with van der Waals surface area (Å²) in [5, 5.41) is 12.5. The van der Waals surface area contributed by atoms with Crippen LogP contribution >= 0.6 is 23.2 Å². The van der Waals surface area contributed by atoms with Crippen LogP contribution in [0.1, 0.15) is 58.6 Å². The van der Waals surface area contributed by atoms with Crippen molar-refractivity contribution in [2.45, 2.75) is 65.1 Å². The van der Waals surface area contributed by atoms with Gasteiger partial charge in [0.15, 0.2) is 5.65 Å². The number of pyridine rings is 1. The van der Waals surface area contributed by atoms with Crippen LogP contribution in [0.5, 0.6) is 0 Å². The van der Waals surface area contributed by atoms with Gasteiger partial charge in [0.25, 0.3) is 8.32 Å². The summed E-state index contributed by atoms with van der Waals surface area (Å²) in [6.07, 6.45) is -0.982. The van der Waals surface area contributed by atoms with E-state index in [2.05, 4.69) is 88.1 Å². The summed E-state index contributed by atoms with van der Waals surface area (Å²) >= 11 is 13.2. The Balaban J connectivity index is 1.56. The Hall–Kier alpha value is -4.22. The van der Waals surface area contributed by atoms with E-state index in [4.69, 9.17) is 32.6 Å². The highest BCUT2D eigenvalue weighted by Crippen LogP contribution is 2.39. The predicted octanol–water partition coefficient (Wildman–Crippen LogP) is 7.48. The third kappa shape index (κ3) is 6.78. The molecule has 0 aliphatic carbocycles. The number of anilines is 1. The molecule has 6 rings (SSSR count). The first kappa shape index (κ1) is 36.6. The Morgan fingerprint density at radius 1 is 0.961 bits per heavy atom. The van der Waals surface area contributed by atoms with Crippen LogP contribution in [0.25, 0.3) is 16.7 Å². The molecule has 1 aliphatic heterocycles. The predicted molar refractivity (Wildman–Crippen MR) is 208 cm³/mol. The fourth-order valence-electron chi connectivity index (χ4n) is 7.36. The lowest BCUT2D eigenvalue weighted by atomic mass is 9.97. The van der Waals surface area contributed by atoms with E-state index in [1.165, 1.54) is 4.90 Å². The van der Waals surface area contributed by atoms with Gasteiger partial charge in [-0.1, -0.05) is 137 Å². The molecule has 1 amide bonds. The average Bonchev–Trinajstić information content (AvgIpc) is 3.09. The minimum atomic E-state index is -2.95. The highest BCUT2D eigenvalue weighted by atomic mass is 35.5. The minimum Gasteiger partial charge on any atom is -0.465 e. The zero-order valence-corrected chi connectivity index (χ0v) is 32.2. The van der Waals surface area contributed by atoms with Crippen LogP contribution in [0, 0.1) is 0 Å². The summed E-state index contributed by atoms with van der Waals surface area (Å²) in [6.45, 7) is 13.9. The number of piperazine rings is 1. The quantitative estimate of drug-likeness (QED) is 0.130. The molecule has 0 unspecified atom stereocenters. The van der Waals surface area contributed by atoms with E-state index < -0.39 is 20.1 Å². The number of hydrogen-bond acceptors (Lipinski definition) is 6. The number of hydrogen-bond donors (Lipinski definition) is 1. The van der Waals surface area contributed by atoms with Crippen LogP contribution in [0.3, 0.4) is 0 Å². The van der Waals surface area contributed by atoms with Gasteiger partial charge in [0.1, 0.15) is 11.0 Å². The Kier molecular flexibility index (Phi) is 10.3. The van der Waals surface area contributed by atoms with Crippen molar-refractivity contribution < 1.29 is 14.3 Å². The molecule has 1 atom stereocenters. The molecule has 1 N–H and O–H groups in total. The molecule has 3 aromatic carbocycles. The van der Waals surface area contributed by atoms with Gasteiger partial charge in [0.2, 0.25) is 0 Å². The standard InChI is InChI=1S/C39H43Cl2N5O4Si/c1-25(2)30-19-13-14-27(24-50-51(39(4,5)6,28-15-9-7-10-16-28)29-17-11-8-12-18-29)33(30)46-36-31(22-32(40)34(41)42-36)35(43-37(46)47)45-21-20-44(38(48)49)23-26(45)3/h7-19,22,25-26H,20-21,23-24H2,1-6H3,(H,48,49)/t26-/m0/s1. The van der Waals surface area contributed by atoms with Crippen molar-refractivity contribution in [1.29, 1.82) is 0 Å². The molecule has 2 aromatic heterocycles. The van der Waals surface area contributed by atoms with Crippen LogP contribution in [-0.4, -0.2) is 64.6 Å². The number of amides is 1. The van der Waals surface area contributed by atoms with Gasteiger partial charge in [-0.25, -0.2) is 19.1 Å². The number of benzene rings is 3. The monoisotopic (exact) mass is 743 g/mol. The maximum absolute atomic E-state index is 14.5. The molecule has 3 heterocycles. The van der Waals surface area contributed by atoms with Crippen molar-refractivity contribution in [3.05, 3.63) is 117 Å². The molecule has 266 valence electrons. The second kappa shape index (κ2) is 14.4. The molecule has 5 aromatic rings. The Bertz CT molecular complexity index is 2080. The zero-order chi connectivity index (χ0) is 36.7. The summed E-state index contributed by atoms with van der Waals surface area (Å²) in [5.74, 6) is 0.420. The fraction of sp³-hybridized carbons (Fsp3) is 0.333. The van der Waals surface area contributed by atoms with Gasteiger partial charge >= 0.3 is 11.8 Å². The van der Waals surface area contributed by atoms with Crippen LogP contribution in [-0.2, 0) is 11.0 Å². The molecular formula is C39H43Cl2N5O4Si. The lowest BCUT2D eigenvalue weighted by Crippen LogP contribution is -2.66. The van der Waals surface area contributed by atoms with Crippen LogP contribution in [0.15, 0.2) is 89.7 Å². The Labute approximate surface area is 309 Å². The molecule has 12 heteroatoms. The van der Waals surface area contributed by atoms with E-state index >= 15 is 0 Å². The van der Waals surface area contributed by atoms with Crippen molar-refractivity contribution >= 4 is 64.8 Å². The van der Waals surface area contributed by atoms with E-state index in [9.17, 15) is 14.7 Å².